The average molecular weight is 309 g/mol. The Hall–Kier alpha value is -2.54. The number of urea groups is 1. The van der Waals surface area contributed by atoms with Crippen LogP contribution in [0.15, 0.2) is 17.7 Å². The first-order valence-corrected chi connectivity index (χ1v) is 6.29. The fraction of sp³-hybridized carbons (Fsp3) is 0.154. The number of nitrogens with zero attached hydrogens (tertiary/aromatic N) is 1. The van der Waals surface area contributed by atoms with E-state index in [0.717, 1.165) is 4.90 Å². The van der Waals surface area contributed by atoms with Crippen molar-refractivity contribution < 1.29 is 23.9 Å². The minimum absolute atomic E-state index is 0.0857. The largest absolute Gasteiger partial charge is 0.454 e. The molecule has 2 aliphatic rings. The topological polar surface area (TPSA) is 84.9 Å². The molecule has 0 atom stereocenters. The summed E-state index contributed by atoms with van der Waals surface area (Å²) in [7, 11) is 1.28. The van der Waals surface area contributed by atoms with Crippen LogP contribution < -0.4 is 14.8 Å². The number of amides is 4. The highest BCUT2D eigenvalue weighted by molar-refractivity contribution is 6.34. The van der Waals surface area contributed by atoms with E-state index >= 15 is 0 Å². The van der Waals surface area contributed by atoms with E-state index in [-0.39, 0.29) is 12.4 Å². The van der Waals surface area contributed by atoms with Crippen LogP contribution in [0.25, 0.3) is 6.08 Å². The fourth-order valence-corrected chi connectivity index (χ4v) is 2.15. The molecule has 0 saturated carbocycles. The van der Waals surface area contributed by atoms with E-state index in [1.54, 1.807) is 6.07 Å². The van der Waals surface area contributed by atoms with Crippen LogP contribution in [0, 0.1) is 0 Å². The molecule has 1 fully saturated rings. The highest BCUT2D eigenvalue weighted by Gasteiger charge is 2.33. The number of hydrogen-bond donors (Lipinski definition) is 1. The zero-order valence-corrected chi connectivity index (χ0v) is 11.6. The van der Waals surface area contributed by atoms with E-state index in [4.69, 9.17) is 21.1 Å². The number of carbonyl (C=O) groups excluding carboxylic acids is 3. The predicted molar refractivity (Wildman–Crippen MR) is 71.9 cm³/mol. The summed E-state index contributed by atoms with van der Waals surface area (Å²) in [5.74, 6) is -0.498. The van der Waals surface area contributed by atoms with E-state index in [9.17, 15) is 14.4 Å². The zero-order chi connectivity index (χ0) is 15.1. The first-order valence-electron chi connectivity index (χ1n) is 5.91. The van der Waals surface area contributed by atoms with Crippen LogP contribution in [-0.4, -0.2) is 36.6 Å². The molecule has 1 saturated heterocycles. The normalized spacial score (nSPS) is 19.2. The number of halogens is 1. The van der Waals surface area contributed by atoms with Crippen LogP contribution in [0.2, 0.25) is 5.02 Å². The van der Waals surface area contributed by atoms with Crippen molar-refractivity contribution in [2.24, 2.45) is 0 Å². The summed E-state index contributed by atoms with van der Waals surface area (Å²) in [6, 6.07) is 2.34. The fourth-order valence-electron chi connectivity index (χ4n) is 1.94. The minimum atomic E-state index is -0.767. The average Bonchev–Trinajstić information content (AvgIpc) is 2.88. The maximum absolute atomic E-state index is 12.0. The van der Waals surface area contributed by atoms with Gasteiger partial charge in [0, 0.05) is 13.1 Å². The Morgan fingerprint density at radius 3 is 2.62 bits per heavy atom. The van der Waals surface area contributed by atoms with Crippen molar-refractivity contribution in [1.29, 1.82) is 0 Å². The molecule has 4 amide bonds. The second-order valence-electron chi connectivity index (χ2n) is 4.41. The Bertz CT molecular complexity index is 713. The Morgan fingerprint density at radius 2 is 1.90 bits per heavy atom. The molecule has 0 aliphatic carbocycles. The molecule has 7 nitrogen and oxygen atoms in total. The van der Waals surface area contributed by atoms with Gasteiger partial charge in [0.1, 0.15) is 5.57 Å². The standard InChI is InChI=1S/C13H9ClN2O5/c1-16-12(18)7(11(17)15-13(16)19)2-6-3-9-10(4-8(6)14)21-5-20-9/h2-4H,5H2,1H3,(H,15,17,19). The van der Waals surface area contributed by atoms with Crippen molar-refractivity contribution in [3.8, 4) is 11.5 Å². The lowest BCUT2D eigenvalue weighted by molar-refractivity contribution is -0.129. The third kappa shape index (κ3) is 2.21. The summed E-state index contributed by atoms with van der Waals surface area (Å²) in [5, 5.41) is 2.36. The van der Waals surface area contributed by atoms with Crippen molar-refractivity contribution in [1.82, 2.24) is 10.2 Å². The quantitative estimate of drug-likeness (QED) is 0.621. The molecule has 0 radical (unpaired) electrons. The van der Waals surface area contributed by atoms with Gasteiger partial charge in [-0.3, -0.25) is 19.8 Å². The summed E-state index contributed by atoms with van der Waals surface area (Å²) < 4.78 is 10.4. The highest BCUT2D eigenvalue weighted by Crippen LogP contribution is 2.37. The third-order valence-electron chi connectivity index (χ3n) is 3.10. The summed E-state index contributed by atoms with van der Waals surface area (Å²) in [6.07, 6.45) is 1.31. The maximum atomic E-state index is 12.0. The van der Waals surface area contributed by atoms with Gasteiger partial charge in [-0.15, -0.1) is 0 Å². The van der Waals surface area contributed by atoms with Crippen LogP contribution in [0.3, 0.4) is 0 Å². The number of barbiturate groups is 1. The van der Waals surface area contributed by atoms with Gasteiger partial charge in [-0.25, -0.2) is 4.79 Å². The molecule has 2 heterocycles. The molecule has 0 aromatic heterocycles. The van der Waals surface area contributed by atoms with Gasteiger partial charge in [0.25, 0.3) is 11.8 Å². The number of fused-ring (bicyclic) bond motifs is 1. The molecule has 2 aliphatic heterocycles. The number of rotatable bonds is 1. The molecular weight excluding hydrogens is 300 g/mol. The lowest BCUT2D eigenvalue weighted by atomic mass is 10.1. The molecule has 21 heavy (non-hydrogen) atoms. The van der Waals surface area contributed by atoms with Gasteiger partial charge in [-0.1, -0.05) is 11.6 Å². The Labute approximate surface area is 124 Å². The second kappa shape index (κ2) is 4.78. The van der Waals surface area contributed by atoms with Crippen molar-refractivity contribution in [3.05, 3.63) is 28.3 Å². The monoisotopic (exact) mass is 308 g/mol. The number of ether oxygens (including phenoxy) is 2. The molecule has 0 bridgehead atoms. The van der Waals surface area contributed by atoms with Crippen LogP contribution in [0.4, 0.5) is 4.79 Å². The minimum Gasteiger partial charge on any atom is -0.454 e. The molecule has 1 aromatic carbocycles. The predicted octanol–water partition coefficient (Wildman–Crippen LogP) is 1.16. The van der Waals surface area contributed by atoms with Crippen LogP contribution in [-0.2, 0) is 9.59 Å². The first kappa shape index (κ1) is 13.4. The maximum Gasteiger partial charge on any atom is 0.331 e. The summed E-state index contributed by atoms with van der Waals surface area (Å²) in [6.45, 7) is 0.0857. The van der Waals surface area contributed by atoms with E-state index in [1.807, 2.05) is 0 Å². The Morgan fingerprint density at radius 1 is 1.24 bits per heavy atom. The third-order valence-corrected chi connectivity index (χ3v) is 3.42. The van der Waals surface area contributed by atoms with Gasteiger partial charge in [0.2, 0.25) is 6.79 Å². The molecule has 1 aromatic rings. The molecule has 1 N–H and O–H groups in total. The molecule has 0 unspecified atom stereocenters. The molecule has 0 spiro atoms. The van der Waals surface area contributed by atoms with Gasteiger partial charge in [0.05, 0.1) is 5.02 Å². The number of benzene rings is 1. The van der Waals surface area contributed by atoms with E-state index in [0.29, 0.717) is 22.1 Å². The Kier molecular flexibility index (Phi) is 3.06. The smallest absolute Gasteiger partial charge is 0.331 e. The lowest BCUT2D eigenvalue weighted by Gasteiger charge is -2.22. The van der Waals surface area contributed by atoms with Crippen LogP contribution in [0.5, 0.6) is 11.5 Å². The second-order valence-corrected chi connectivity index (χ2v) is 4.82. The first-order chi connectivity index (χ1) is 9.97. The van der Waals surface area contributed by atoms with Crippen molar-refractivity contribution >= 4 is 35.5 Å². The molecule has 8 heteroatoms. The van der Waals surface area contributed by atoms with Gasteiger partial charge < -0.3 is 9.47 Å². The SMILES string of the molecule is CN1C(=O)NC(=O)C(=Cc2cc3c(cc2Cl)OCO3)C1=O. The number of likely N-dealkylation sites (N-methyl/N-ethyl adjacent to an activating group) is 1. The molecule has 108 valence electrons. The summed E-state index contributed by atoms with van der Waals surface area (Å²) in [4.78, 5) is 35.9. The van der Waals surface area contributed by atoms with Gasteiger partial charge in [-0.05, 0) is 17.7 Å². The number of imide groups is 2. The number of carbonyl (C=O) groups is 3. The van der Waals surface area contributed by atoms with Crippen LogP contribution in [0.1, 0.15) is 5.56 Å². The lowest BCUT2D eigenvalue weighted by Crippen LogP contribution is -2.52. The van der Waals surface area contributed by atoms with Gasteiger partial charge in [-0.2, -0.15) is 0 Å². The van der Waals surface area contributed by atoms with Gasteiger partial charge >= 0.3 is 6.03 Å². The number of nitrogens with one attached hydrogen (secondary N) is 1. The van der Waals surface area contributed by atoms with Crippen molar-refractivity contribution in [2.75, 3.05) is 13.8 Å². The zero-order valence-electron chi connectivity index (χ0n) is 10.8. The summed E-state index contributed by atoms with van der Waals surface area (Å²) >= 11 is 6.08. The molecular formula is C13H9ClN2O5. The Balaban J connectivity index is 2.03. The van der Waals surface area contributed by atoms with E-state index in [1.165, 1.54) is 19.2 Å². The molecule has 3 rings (SSSR count). The van der Waals surface area contributed by atoms with Crippen molar-refractivity contribution in [2.45, 2.75) is 0 Å². The number of hydrogen-bond acceptors (Lipinski definition) is 5. The van der Waals surface area contributed by atoms with E-state index < -0.39 is 17.8 Å². The highest BCUT2D eigenvalue weighted by atomic mass is 35.5. The summed E-state index contributed by atoms with van der Waals surface area (Å²) in [5.41, 5.74) is 0.236. The van der Waals surface area contributed by atoms with Crippen LogP contribution >= 0.6 is 11.6 Å². The van der Waals surface area contributed by atoms with Gasteiger partial charge in [0.15, 0.2) is 11.5 Å². The van der Waals surface area contributed by atoms with E-state index in [2.05, 4.69) is 5.32 Å². The van der Waals surface area contributed by atoms with Crippen molar-refractivity contribution in [3.63, 3.8) is 0 Å².